The number of halogens is 1. The fourth-order valence-corrected chi connectivity index (χ4v) is 3.15. The highest BCUT2D eigenvalue weighted by molar-refractivity contribution is 9.10. The summed E-state index contributed by atoms with van der Waals surface area (Å²) < 4.78 is 1.19. The highest BCUT2D eigenvalue weighted by Gasteiger charge is 2.18. The lowest BCUT2D eigenvalue weighted by molar-refractivity contribution is 0.414. The van der Waals surface area contributed by atoms with Gasteiger partial charge in [-0.3, -0.25) is 0 Å². The molecular weight excluding hydrogens is 264 g/mol. The first-order chi connectivity index (χ1) is 7.86. The number of rotatable bonds is 1. The van der Waals surface area contributed by atoms with Gasteiger partial charge in [0, 0.05) is 27.6 Å². The summed E-state index contributed by atoms with van der Waals surface area (Å²) in [6.45, 7) is 1.14. The Morgan fingerprint density at radius 1 is 1.25 bits per heavy atom. The molecule has 2 N–H and O–H groups in total. The van der Waals surface area contributed by atoms with Crippen molar-refractivity contribution >= 4 is 26.8 Å². The van der Waals surface area contributed by atoms with Crippen LogP contribution in [0.2, 0.25) is 0 Å². The van der Waals surface area contributed by atoms with Crippen LogP contribution in [0.15, 0.2) is 28.9 Å². The van der Waals surface area contributed by atoms with Crippen molar-refractivity contribution in [3.8, 4) is 0 Å². The second-order valence-electron chi connectivity index (χ2n) is 4.41. The smallest absolute Gasteiger partial charge is 0.0468 e. The lowest BCUT2D eigenvalue weighted by Crippen LogP contribution is -2.26. The highest BCUT2D eigenvalue weighted by atomic mass is 79.9. The van der Waals surface area contributed by atoms with Crippen molar-refractivity contribution in [1.29, 1.82) is 0 Å². The number of hydrogen-bond acceptors (Lipinski definition) is 1. The molecule has 1 fully saturated rings. The molecule has 0 bridgehead atoms. The Morgan fingerprint density at radius 3 is 3.00 bits per heavy atom. The van der Waals surface area contributed by atoms with Gasteiger partial charge in [0.25, 0.3) is 0 Å². The van der Waals surface area contributed by atoms with Gasteiger partial charge >= 0.3 is 0 Å². The lowest BCUT2D eigenvalue weighted by atomic mass is 9.97. The second kappa shape index (κ2) is 4.22. The molecule has 3 heteroatoms. The first-order valence-electron chi connectivity index (χ1n) is 5.85. The first kappa shape index (κ1) is 10.4. The van der Waals surface area contributed by atoms with E-state index in [2.05, 4.69) is 50.6 Å². The molecule has 1 aliphatic rings. The van der Waals surface area contributed by atoms with Crippen molar-refractivity contribution in [3.05, 3.63) is 34.4 Å². The summed E-state index contributed by atoms with van der Waals surface area (Å²) in [7, 11) is 0. The fraction of sp³-hybridized carbons (Fsp3) is 0.385. The molecule has 84 valence electrons. The maximum atomic E-state index is 3.65. The number of piperidine rings is 1. The number of aromatic amines is 1. The van der Waals surface area contributed by atoms with E-state index in [1.54, 1.807) is 0 Å². The summed E-state index contributed by atoms with van der Waals surface area (Å²) in [6.07, 6.45) is 6.03. The molecule has 0 aliphatic carbocycles. The van der Waals surface area contributed by atoms with Gasteiger partial charge in [0.1, 0.15) is 0 Å². The predicted molar refractivity (Wildman–Crippen MR) is 70.6 cm³/mol. The summed E-state index contributed by atoms with van der Waals surface area (Å²) in [5, 5.41) is 4.94. The summed E-state index contributed by atoms with van der Waals surface area (Å²) in [6, 6.07) is 6.83. The van der Waals surface area contributed by atoms with E-state index in [9.17, 15) is 0 Å². The van der Waals surface area contributed by atoms with Crippen molar-refractivity contribution < 1.29 is 0 Å². The Bertz CT molecular complexity index is 498. The number of H-pyrrole nitrogens is 1. The number of hydrogen-bond donors (Lipinski definition) is 2. The van der Waals surface area contributed by atoms with E-state index in [0.717, 1.165) is 6.54 Å². The topological polar surface area (TPSA) is 27.8 Å². The van der Waals surface area contributed by atoms with Crippen LogP contribution in [-0.4, -0.2) is 11.5 Å². The van der Waals surface area contributed by atoms with Gasteiger partial charge in [0.15, 0.2) is 0 Å². The van der Waals surface area contributed by atoms with E-state index < -0.39 is 0 Å². The van der Waals surface area contributed by atoms with Gasteiger partial charge in [0.05, 0.1) is 0 Å². The Labute approximate surface area is 104 Å². The van der Waals surface area contributed by atoms with Crippen molar-refractivity contribution in [2.45, 2.75) is 25.3 Å². The van der Waals surface area contributed by atoms with Gasteiger partial charge in [-0.1, -0.05) is 28.4 Å². The Balaban J connectivity index is 2.09. The third-order valence-corrected chi connectivity index (χ3v) is 4.03. The van der Waals surface area contributed by atoms with E-state index in [1.807, 2.05) is 0 Å². The number of fused-ring (bicyclic) bond motifs is 1. The van der Waals surface area contributed by atoms with Crippen molar-refractivity contribution in [3.63, 3.8) is 0 Å². The third-order valence-electron chi connectivity index (χ3n) is 3.37. The third kappa shape index (κ3) is 1.68. The summed E-state index contributed by atoms with van der Waals surface area (Å²) >= 11 is 3.65. The monoisotopic (exact) mass is 278 g/mol. The zero-order valence-corrected chi connectivity index (χ0v) is 10.7. The minimum atomic E-state index is 0.515. The van der Waals surface area contributed by atoms with Gasteiger partial charge in [0.2, 0.25) is 0 Å². The van der Waals surface area contributed by atoms with Gasteiger partial charge < -0.3 is 10.3 Å². The number of aromatic nitrogens is 1. The van der Waals surface area contributed by atoms with Crippen molar-refractivity contribution in [2.24, 2.45) is 0 Å². The van der Waals surface area contributed by atoms with Crippen LogP contribution >= 0.6 is 15.9 Å². The summed E-state index contributed by atoms with van der Waals surface area (Å²) in [5.41, 5.74) is 2.62. The van der Waals surface area contributed by atoms with E-state index in [0.29, 0.717) is 6.04 Å². The molecule has 2 aromatic rings. The Hall–Kier alpha value is -0.800. The molecule has 1 atom stereocenters. The van der Waals surface area contributed by atoms with Crippen LogP contribution in [-0.2, 0) is 0 Å². The average molecular weight is 279 g/mol. The molecule has 0 spiro atoms. The molecular formula is C13H15BrN2. The molecule has 0 radical (unpaired) electrons. The SMILES string of the molecule is Brc1cccc2[nH]cc(C3CCCCN3)c12. The van der Waals surface area contributed by atoms with Crippen LogP contribution < -0.4 is 5.32 Å². The van der Waals surface area contributed by atoms with Crippen LogP contribution in [0.5, 0.6) is 0 Å². The van der Waals surface area contributed by atoms with E-state index >= 15 is 0 Å². The quantitative estimate of drug-likeness (QED) is 0.817. The van der Waals surface area contributed by atoms with Crippen LogP contribution in [0.3, 0.4) is 0 Å². The van der Waals surface area contributed by atoms with Crippen LogP contribution in [0, 0.1) is 0 Å². The highest BCUT2D eigenvalue weighted by Crippen LogP contribution is 2.33. The largest absolute Gasteiger partial charge is 0.361 e. The molecule has 1 aromatic carbocycles. The van der Waals surface area contributed by atoms with Crippen LogP contribution in [0.4, 0.5) is 0 Å². The normalized spacial score (nSPS) is 21.4. The maximum absolute atomic E-state index is 3.65. The van der Waals surface area contributed by atoms with Gasteiger partial charge in [-0.05, 0) is 37.1 Å². The Morgan fingerprint density at radius 2 is 2.19 bits per heavy atom. The molecule has 16 heavy (non-hydrogen) atoms. The molecule has 1 unspecified atom stereocenters. The zero-order valence-electron chi connectivity index (χ0n) is 9.09. The van der Waals surface area contributed by atoms with Gasteiger partial charge in [-0.2, -0.15) is 0 Å². The van der Waals surface area contributed by atoms with E-state index in [-0.39, 0.29) is 0 Å². The maximum Gasteiger partial charge on any atom is 0.0468 e. The van der Waals surface area contributed by atoms with Crippen LogP contribution in [0.1, 0.15) is 30.9 Å². The lowest BCUT2D eigenvalue weighted by Gasteiger charge is -2.23. The Kier molecular flexibility index (Phi) is 2.74. The van der Waals surface area contributed by atoms with E-state index in [1.165, 1.54) is 40.2 Å². The summed E-state index contributed by atoms with van der Waals surface area (Å²) in [4.78, 5) is 3.36. The van der Waals surface area contributed by atoms with Gasteiger partial charge in [-0.25, -0.2) is 0 Å². The predicted octanol–water partition coefficient (Wildman–Crippen LogP) is 3.75. The molecule has 1 aliphatic heterocycles. The number of nitrogens with one attached hydrogen (secondary N) is 2. The summed E-state index contributed by atoms with van der Waals surface area (Å²) in [5.74, 6) is 0. The van der Waals surface area contributed by atoms with Crippen LogP contribution in [0.25, 0.3) is 10.9 Å². The molecule has 1 saturated heterocycles. The number of benzene rings is 1. The molecule has 3 rings (SSSR count). The first-order valence-corrected chi connectivity index (χ1v) is 6.64. The minimum Gasteiger partial charge on any atom is -0.361 e. The molecule has 2 nitrogen and oxygen atoms in total. The molecule has 1 aromatic heterocycles. The standard InChI is InChI=1S/C13H15BrN2/c14-10-4-3-6-12-13(10)9(8-16-12)11-5-1-2-7-15-11/h3-4,6,8,11,15-16H,1-2,5,7H2. The fourth-order valence-electron chi connectivity index (χ4n) is 2.56. The van der Waals surface area contributed by atoms with Crippen molar-refractivity contribution in [2.75, 3.05) is 6.54 Å². The molecule has 0 saturated carbocycles. The molecule has 0 amide bonds. The van der Waals surface area contributed by atoms with E-state index in [4.69, 9.17) is 0 Å². The van der Waals surface area contributed by atoms with Crippen molar-refractivity contribution in [1.82, 2.24) is 10.3 Å². The minimum absolute atomic E-state index is 0.515. The second-order valence-corrected chi connectivity index (χ2v) is 5.26. The zero-order chi connectivity index (χ0) is 11.0. The van der Waals surface area contributed by atoms with Gasteiger partial charge in [-0.15, -0.1) is 0 Å². The molecule has 2 heterocycles. The average Bonchev–Trinajstić information content (AvgIpc) is 2.75.